The highest BCUT2D eigenvalue weighted by Crippen LogP contribution is 2.41. The van der Waals surface area contributed by atoms with E-state index in [-0.39, 0.29) is 5.54 Å². The molecule has 0 atom stereocenters. The topological polar surface area (TPSA) is 54.7 Å². The van der Waals surface area contributed by atoms with E-state index in [0.29, 0.717) is 11.1 Å². The summed E-state index contributed by atoms with van der Waals surface area (Å²) in [5, 5.41) is 7.91. The van der Waals surface area contributed by atoms with E-state index in [9.17, 15) is 0 Å². The molecule has 0 aliphatic heterocycles. The number of hydrogen-bond donors (Lipinski definition) is 2. The standard InChI is InChI=1S/C12H18ClN3/c13-11-9(4-5-12(14)6-7-12)10(15-16-11)8-2-1-3-8/h8H,1-7,14H2,(H,15,16). The fraction of sp³-hybridized carbons (Fsp3) is 0.750. The maximum absolute atomic E-state index is 6.14. The van der Waals surface area contributed by atoms with Crippen molar-refractivity contribution in [2.75, 3.05) is 0 Å². The Morgan fingerprint density at radius 1 is 1.44 bits per heavy atom. The second kappa shape index (κ2) is 3.74. The van der Waals surface area contributed by atoms with Gasteiger partial charge in [0.25, 0.3) is 0 Å². The third-order valence-electron chi connectivity index (χ3n) is 4.13. The number of nitrogens with one attached hydrogen (secondary N) is 1. The molecular formula is C12H18ClN3. The number of aromatic nitrogens is 2. The Labute approximate surface area is 101 Å². The lowest BCUT2D eigenvalue weighted by Crippen LogP contribution is -2.22. The highest BCUT2D eigenvalue weighted by molar-refractivity contribution is 6.30. The highest BCUT2D eigenvalue weighted by atomic mass is 35.5. The van der Waals surface area contributed by atoms with Crippen LogP contribution in [0.5, 0.6) is 0 Å². The minimum Gasteiger partial charge on any atom is -0.325 e. The summed E-state index contributed by atoms with van der Waals surface area (Å²) < 4.78 is 0. The number of aromatic amines is 1. The Morgan fingerprint density at radius 3 is 2.75 bits per heavy atom. The molecule has 3 nitrogen and oxygen atoms in total. The minimum absolute atomic E-state index is 0.109. The van der Waals surface area contributed by atoms with Crippen LogP contribution in [0.1, 0.15) is 55.7 Å². The summed E-state index contributed by atoms with van der Waals surface area (Å²) in [5.41, 5.74) is 8.72. The molecule has 4 heteroatoms. The van der Waals surface area contributed by atoms with Gasteiger partial charge in [0.2, 0.25) is 0 Å². The van der Waals surface area contributed by atoms with Crippen LogP contribution < -0.4 is 5.73 Å². The fourth-order valence-electron chi connectivity index (χ4n) is 2.41. The van der Waals surface area contributed by atoms with Gasteiger partial charge in [0.05, 0.1) is 0 Å². The summed E-state index contributed by atoms with van der Waals surface area (Å²) >= 11 is 6.14. The number of rotatable bonds is 4. The van der Waals surface area contributed by atoms with Crippen LogP contribution in [0.25, 0.3) is 0 Å². The third-order valence-corrected chi connectivity index (χ3v) is 4.44. The van der Waals surface area contributed by atoms with E-state index in [1.807, 2.05) is 0 Å². The zero-order chi connectivity index (χ0) is 11.2. The van der Waals surface area contributed by atoms with Crippen LogP contribution in [-0.4, -0.2) is 15.7 Å². The first-order valence-corrected chi connectivity index (χ1v) is 6.57. The molecule has 3 rings (SSSR count). The van der Waals surface area contributed by atoms with Gasteiger partial charge in [-0.25, -0.2) is 0 Å². The normalized spacial score (nSPS) is 23.1. The van der Waals surface area contributed by atoms with Crippen molar-refractivity contribution in [2.24, 2.45) is 5.73 Å². The van der Waals surface area contributed by atoms with Gasteiger partial charge in [0.15, 0.2) is 5.15 Å². The molecular weight excluding hydrogens is 222 g/mol. The molecule has 2 aliphatic carbocycles. The Morgan fingerprint density at radius 2 is 2.19 bits per heavy atom. The molecule has 16 heavy (non-hydrogen) atoms. The van der Waals surface area contributed by atoms with Gasteiger partial charge >= 0.3 is 0 Å². The highest BCUT2D eigenvalue weighted by Gasteiger charge is 2.38. The van der Waals surface area contributed by atoms with E-state index in [1.54, 1.807) is 0 Å². The van der Waals surface area contributed by atoms with Crippen LogP contribution in [0.15, 0.2) is 0 Å². The van der Waals surface area contributed by atoms with Gasteiger partial charge in [0, 0.05) is 22.7 Å². The average Bonchev–Trinajstić information content (AvgIpc) is 2.80. The average molecular weight is 240 g/mol. The predicted octanol–water partition coefficient (Wildman–Crippen LogP) is 2.75. The van der Waals surface area contributed by atoms with E-state index in [1.165, 1.54) is 43.4 Å². The Hall–Kier alpha value is -0.540. The molecule has 0 radical (unpaired) electrons. The quantitative estimate of drug-likeness (QED) is 0.849. The van der Waals surface area contributed by atoms with E-state index in [0.717, 1.165) is 12.8 Å². The Bertz CT molecular complexity index is 391. The van der Waals surface area contributed by atoms with Crippen molar-refractivity contribution in [1.29, 1.82) is 0 Å². The van der Waals surface area contributed by atoms with Gasteiger partial charge in [-0.2, -0.15) is 5.10 Å². The van der Waals surface area contributed by atoms with E-state index in [4.69, 9.17) is 17.3 Å². The molecule has 2 fully saturated rings. The van der Waals surface area contributed by atoms with Crippen LogP contribution in [-0.2, 0) is 6.42 Å². The number of nitrogens with two attached hydrogens (primary N) is 1. The molecule has 1 aromatic heterocycles. The lowest BCUT2D eigenvalue weighted by molar-refractivity contribution is 0.407. The monoisotopic (exact) mass is 239 g/mol. The second-order valence-electron chi connectivity index (χ2n) is 5.40. The summed E-state index contributed by atoms with van der Waals surface area (Å²) in [4.78, 5) is 0. The Balaban J connectivity index is 1.73. The molecule has 0 saturated heterocycles. The molecule has 1 heterocycles. The van der Waals surface area contributed by atoms with Crippen molar-refractivity contribution in [3.05, 3.63) is 16.4 Å². The van der Waals surface area contributed by atoms with Gasteiger partial charge < -0.3 is 5.73 Å². The predicted molar refractivity (Wildman–Crippen MR) is 64.7 cm³/mol. The smallest absolute Gasteiger partial charge is 0.154 e. The van der Waals surface area contributed by atoms with Crippen molar-refractivity contribution < 1.29 is 0 Å². The summed E-state index contributed by atoms with van der Waals surface area (Å²) in [6.07, 6.45) is 8.26. The van der Waals surface area contributed by atoms with Crippen molar-refractivity contribution in [3.63, 3.8) is 0 Å². The van der Waals surface area contributed by atoms with Crippen LogP contribution in [0.4, 0.5) is 0 Å². The zero-order valence-corrected chi connectivity index (χ0v) is 10.2. The Kier molecular flexibility index (Phi) is 2.48. The van der Waals surface area contributed by atoms with Gasteiger partial charge in [-0.3, -0.25) is 5.10 Å². The molecule has 0 spiro atoms. The molecule has 88 valence electrons. The van der Waals surface area contributed by atoms with Crippen molar-refractivity contribution in [3.8, 4) is 0 Å². The van der Waals surface area contributed by atoms with Crippen LogP contribution in [0.2, 0.25) is 5.15 Å². The SMILES string of the molecule is NC1(CCc2c(Cl)n[nH]c2C2CCC2)CC1. The van der Waals surface area contributed by atoms with E-state index < -0.39 is 0 Å². The summed E-state index contributed by atoms with van der Waals surface area (Å²) in [6.45, 7) is 0. The van der Waals surface area contributed by atoms with Gasteiger partial charge in [0.1, 0.15) is 0 Å². The lowest BCUT2D eigenvalue weighted by atomic mass is 9.81. The van der Waals surface area contributed by atoms with E-state index in [2.05, 4.69) is 10.2 Å². The molecule has 0 unspecified atom stereocenters. The molecule has 0 aromatic carbocycles. The molecule has 0 amide bonds. The van der Waals surface area contributed by atoms with E-state index >= 15 is 0 Å². The summed E-state index contributed by atoms with van der Waals surface area (Å²) in [5.74, 6) is 0.669. The third kappa shape index (κ3) is 1.87. The van der Waals surface area contributed by atoms with Crippen LogP contribution in [0, 0.1) is 0 Å². The molecule has 1 aromatic rings. The number of hydrogen-bond acceptors (Lipinski definition) is 2. The zero-order valence-electron chi connectivity index (χ0n) is 9.43. The van der Waals surface area contributed by atoms with Crippen molar-refractivity contribution >= 4 is 11.6 Å². The van der Waals surface area contributed by atoms with Gasteiger partial charge in [-0.1, -0.05) is 18.0 Å². The lowest BCUT2D eigenvalue weighted by Gasteiger charge is -2.25. The second-order valence-corrected chi connectivity index (χ2v) is 5.75. The first-order valence-electron chi connectivity index (χ1n) is 6.19. The first-order chi connectivity index (χ1) is 7.68. The fourth-order valence-corrected chi connectivity index (χ4v) is 2.65. The molecule has 2 aliphatic rings. The largest absolute Gasteiger partial charge is 0.325 e. The van der Waals surface area contributed by atoms with Crippen LogP contribution in [0.3, 0.4) is 0 Å². The molecule has 0 bridgehead atoms. The number of nitrogens with zero attached hydrogens (tertiary/aromatic N) is 1. The molecule has 3 N–H and O–H groups in total. The maximum atomic E-state index is 6.14. The molecule has 2 saturated carbocycles. The maximum Gasteiger partial charge on any atom is 0.154 e. The summed E-state index contributed by atoms with van der Waals surface area (Å²) in [7, 11) is 0. The first kappa shape index (κ1) is 10.6. The van der Waals surface area contributed by atoms with Gasteiger partial charge in [-0.05, 0) is 38.5 Å². The van der Waals surface area contributed by atoms with Gasteiger partial charge in [-0.15, -0.1) is 0 Å². The van der Waals surface area contributed by atoms with Crippen LogP contribution >= 0.6 is 11.6 Å². The minimum atomic E-state index is 0.109. The van der Waals surface area contributed by atoms with Crippen molar-refractivity contribution in [1.82, 2.24) is 10.2 Å². The summed E-state index contributed by atoms with van der Waals surface area (Å²) in [6, 6.07) is 0. The van der Waals surface area contributed by atoms with Crippen molar-refractivity contribution in [2.45, 2.75) is 56.4 Å². The number of halogens is 1. The number of H-pyrrole nitrogens is 1.